The summed E-state index contributed by atoms with van der Waals surface area (Å²) < 4.78 is 7.92. The molecule has 0 aliphatic carbocycles. The smallest absolute Gasteiger partial charge is 0.144 e. The van der Waals surface area contributed by atoms with Gasteiger partial charge in [-0.1, -0.05) is 186 Å². The number of aliphatic imine (C=N–C) groups is 1. The summed E-state index contributed by atoms with van der Waals surface area (Å²) in [5, 5.41) is 44.9. The normalized spacial score (nSPS) is 10.8. The summed E-state index contributed by atoms with van der Waals surface area (Å²) in [5.41, 5.74) is 12.3. The van der Waals surface area contributed by atoms with E-state index in [1.165, 1.54) is 57.8 Å². The van der Waals surface area contributed by atoms with Gasteiger partial charge in [-0.3, -0.25) is 35.2 Å². The van der Waals surface area contributed by atoms with Gasteiger partial charge >= 0.3 is 0 Å². The van der Waals surface area contributed by atoms with Crippen molar-refractivity contribution in [1.82, 2.24) is 110 Å². The van der Waals surface area contributed by atoms with E-state index >= 15 is 0 Å². The molecular formula is C71H115N23S5. The van der Waals surface area contributed by atoms with Crippen LogP contribution >= 0.6 is 57.1 Å². The van der Waals surface area contributed by atoms with Crippen molar-refractivity contribution in [2.75, 3.05) is 6.54 Å². The van der Waals surface area contributed by atoms with Gasteiger partial charge in [0.2, 0.25) is 0 Å². The van der Waals surface area contributed by atoms with Crippen LogP contribution in [0.4, 0.5) is 0 Å². The minimum atomic E-state index is 0. The van der Waals surface area contributed by atoms with E-state index in [4.69, 9.17) is 0 Å². The van der Waals surface area contributed by atoms with E-state index in [1.54, 1.807) is 82.3 Å². The molecule has 1 aliphatic rings. The number of hydrogen-bond donors (Lipinski definition) is 4. The van der Waals surface area contributed by atoms with Crippen molar-refractivity contribution >= 4 is 62.8 Å². The molecule has 12 heterocycles. The fraction of sp³-hybridized carbons (Fsp3) is 0.535. The second-order valence-electron chi connectivity index (χ2n) is 25.2. The third-order valence-electron chi connectivity index (χ3n) is 12.5. The Hall–Kier alpha value is -7.79. The topological polar surface area (TPSA) is 308 Å². The highest BCUT2D eigenvalue weighted by Gasteiger charge is 2.06. The number of pyridine rings is 1. The number of aromatic amines is 4. The van der Waals surface area contributed by atoms with Gasteiger partial charge in [0, 0.05) is 101 Å². The first-order valence-corrected chi connectivity index (χ1v) is 37.5. The number of thiazole rings is 2. The Balaban J connectivity index is 0.00000106. The van der Waals surface area contributed by atoms with E-state index in [0.717, 1.165) is 51.1 Å². The Morgan fingerprint density at radius 1 is 0.434 bits per heavy atom. The standard InChI is InChI=1S/C8H11N.C7H10N2.C7H11N.C6H10N2.2C6H9NS.3C5H9N3.3C5H8N2S.CH4/c1-7(2)8-5-3-4-6-9-8;1-6(2)7-5-8-3-4-9-7;1-6(2)7-4-3-5-8-7;1-5(2)6-3-4-7-8-6;1-5(2)6-3-8-4-7-6;1-5(2)6-7-3-4-8-6;2*1-4(2)5-6-3-7-8-5;1-4(2)5-3-6-8-7-5;1-4(2)5-7-6-3-8-5;1-4(2)5-6-3-8-7-5;1-4(2)5-6-3-7-8-5;/h3-7H,1-2H3;3-6H,1-2H3;3-4,6H,5H2,1-2H3;3-5H,1-2H3,(H,7,8);2*3-5H,1-2H3;3*3-4H,1-2H3,(H,6,7,8);3*3-4H,1-2H3;1H4. The highest BCUT2D eigenvalue weighted by Crippen LogP contribution is 2.18. The molecule has 0 spiro atoms. The van der Waals surface area contributed by atoms with Crippen molar-refractivity contribution in [2.24, 2.45) is 10.9 Å². The molecule has 0 fully saturated rings. The highest BCUT2D eigenvalue weighted by molar-refractivity contribution is 7.09. The SMILES string of the molecule is C.CC(C)C1=NCC=C1.CC(C)c1ccccn1.CC(C)c1ccn[nH]1.CC(C)c1cn[nH]n1.CC(C)c1cnccn1.CC(C)c1cscn1.CC(C)c1nccs1.CC(C)c1ncn[nH]1.CC(C)c1ncn[nH]1.CC(C)c1ncns1.CC(C)c1ncsn1.CC(C)c1nncs1. The molecule has 28 heteroatoms. The molecule has 23 nitrogen and oxygen atoms in total. The largest absolute Gasteiger partial charge is 0.285 e. The Morgan fingerprint density at radius 2 is 1.06 bits per heavy atom. The third-order valence-corrected chi connectivity index (χ3v) is 16.6. The Morgan fingerprint density at radius 3 is 1.30 bits per heavy atom. The maximum absolute atomic E-state index is 4.24. The van der Waals surface area contributed by atoms with Crippen LogP contribution < -0.4 is 0 Å². The number of hydrogen-bond acceptors (Lipinski definition) is 24. The molecule has 11 aromatic heterocycles. The molecule has 0 saturated carbocycles. The van der Waals surface area contributed by atoms with Gasteiger partial charge in [-0.15, -0.1) is 44.2 Å². The van der Waals surface area contributed by atoms with Crippen LogP contribution in [0, 0.1) is 5.92 Å². The zero-order valence-electron chi connectivity index (χ0n) is 62.3. The maximum atomic E-state index is 4.24. The molecule has 0 bridgehead atoms. The minimum absolute atomic E-state index is 0. The monoisotopic (exact) mass is 1450 g/mol. The molecule has 0 unspecified atom stereocenters. The van der Waals surface area contributed by atoms with Crippen LogP contribution in [0.25, 0.3) is 0 Å². The number of nitrogens with zero attached hydrogens (tertiary/aromatic N) is 19. The van der Waals surface area contributed by atoms with Crippen LogP contribution in [0.5, 0.6) is 0 Å². The van der Waals surface area contributed by atoms with Crippen LogP contribution in [0.1, 0.15) is 300 Å². The number of allylic oxidation sites excluding steroid dienone is 1. The fourth-order valence-electron chi connectivity index (χ4n) is 6.48. The first kappa shape index (κ1) is 91.2. The zero-order chi connectivity index (χ0) is 73.2. The summed E-state index contributed by atoms with van der Waals surface area (Å²) in [6, 6.07) is 7.99. The summed E-state index contributed by atoms with van der Waals surface area (Å²) in [6.45, 7) is 51.6. The second kappa shape index (κ2) is 55.0. The molecule has 0 radical (unpaired) electrons. The summed E-state index contributed by atoms with van der Waals surface area (Å²) >= 11 is 7.86. The first-order chi connectivity index (χ1) is 46.7. The molecule has 0 saturated heterocycles. The lowest BCUT2D eigenvalue weighted by atomic mass is 10.1. The lowest BCUT2D eigenvalue weighted by molar-refractivity contribution is 0.781. The molecule has 1 aliphatic heterocycles. The number of rotatable bonds is 12. The average Bonchev–Trinajstić information content (AvgIpc) is 3.04. The van der Waals surface area contributed by atoms with Gasteiger partial charge in [-0.2, -0.15) is 39.5 Å². The van der Waals surface area contributed by atoms with Crippen molar-refractivity contribution in [1.29, 1.82) is 0 Å². The molecule has 0 amide bonds. The predicted molar refractivity (Wildman–Crippen MR) is 416 cm³/mol. The second-order valence-corrected chi connectivity index (χ2v) is 29.1. The molecule has 99 heavy (non-hydrogen) atoms. The number of H-pyrrole nitrogens is 4. The van der Waals surface area contributed by atoms with Gasteiger partial charge in [0.25, 0.3) is 0 Å². The molecular weight excluding hydrogens is 1340 g/mol. The summed E-state index contributed by atoms with van der Waals surface area (Å²) in [6.07, 6.45) is 21.2. The van der Waals surface area contributed by atoms with E-state index in [2.05, 4.69) is 298 Å². The molecule has 0 atom stereocenters. The number of nitrogens with one attached hydrogen (secondary N) is 4. The Bertz CT molecular complexity index is 2850. The van der Waals surface area contributed by atoms with Crippen LogP contribution in [0.15, 0.2) is 131 Å². The van der Waals surface area contributed by atoms with Gasteiger partial charge in [-0.25, -0.2) is 29.9 Å². The third kappa shape index (κ3) is 44.1. The minimum Gasteiger partial charge on any atom is -0.285 e. The highest BCUT2D eigenvalue weighted by atomic mass is 32.1. The molecule has 12 rings (SSSR count). The summed E-state index contributed by atoms with van der Waals surface area (Å²) in [7, 11) is 0. The Kier molecular flexibility index (Phi) is 50.7. The van der Waals surface area contributed by atoms with Crippen LogP contribution in [-0.4, -0.2) is 122 Å². The van der Waals surface area contributed by atoms with Gasteiger partial charge in [-0.05, 0) is 82.8 Å². The quantitative estimate of drug-likeness (QED) is 0.0883. The van der Waals surface area contributed by atoms with Crippen molar-refractivity contribution in [2.45, 2.75) is 239 Å². The maximum Gasteiger partial charge on any atom is 0.144 e. The fourth-order valence-corrected chi connectivity index (χ4v) is 9.49. The van der Waals surface area contributed by atoms with Gasteiger partial charge in [0.15, 0.2) is 0 Å². The van der Waals surface area contributed by atoms with Crippen molar-refractivity contribution in [3.05, 3.63) is 187 Å². The van der Waals surface area contributed by atoms with Crippen LogP contribution in [0.2, 0.25) is 0 Å². The van der Waals surface area contributed by atoms with Crippen LogP contribution in [0.3, 0.4) is 0 Å². The predicted octanol–water partition coefficient (Wildman–Crippen LogP) is 19.9. The van der Waals surface area contributed by atoms with E-state index in [1.807, 2.05) is 47.5 Å². The van der Waals surface area contributed by atoms with Crippen LogP contribution in [-0.2, 0) is 0 Å². The lowest BCUT2D eigenvalue weighted by Gasteiger charge is -2.00. The average molecular weight is 1450 g/mol. The van der Waals surface area contributed by atoms with Crippen molar-refractivity contribution in [3.8, 4) is 0 Å². The number of aromatic nitrogens is 22. The lowest BCUT2D eigenvalue weighted by Crippen LogP contribution is -2.00. The molecule has 11 aromatic rings. The summed E-state index contributed by atoms with van der Waals surface area (Å²) in [4.78, 5) is 40.7. The first-order valence-electron chi connectivity index (χ1n) is 33.1. The molecule has 4 N–H and O–H groups in total. The molecule has 0 aromatic carbocycles. The molecule has 544 valence electrons. The van der Waals surface area contributed by atoms with E-state index in [9.17, 15) is 0 Å². The van der Waals surface area contributed by atoms with Crippen molar-refractivity contribution < 1.29 is 0 Å². The van der Waals surface area contributed by atoms with Gasteiger partial charge in [0.1, 0.15) is 57.5 Å². The summed E-state index contributed by atoms with van der Waals surface area (Å²) in [5.74, 6) is 9.16. The van der Waals surface area contributed by atoms with Gasteiger partial charge in [0.05, 0.1) is 40.3 Å². The van der Waals surface area contributed by atoms with Gasteiger partial charge < -0.3 is 0 Å². The van der Waals surface area contributed by atoms with E-state index in [0.29, 0.717) is 71.0 Å². The van der Waals surface area contributed by atoms with E-state index in [-0.39, 0.29) is 7.43 Å². The van der Waals surface area contributed by atoms with Crippen molar-refractivity contribution in [3.63, 3.8) is 0 Å². The van der Waals surface area contributed by atoms with E-state index < -0.39 is 0 Å². The Labute approximate surface area is 611 Å². The zero-order valence-corrected chi connectivity index (χ0v) is 66.4.